The Labute approximate surface area is 141 Å². The van der Waals surface area contributed by atoms with Crippen molar-refractivity contribution < 1.29 is 14.3 Å². The van der Waals surface area contributed by atoms with E-state index in [1.807, 2.05) is 6.07 Å². The van der Waals surface area contributed by atoms with Crippen molar-refractivity contribution in [1.29, 1.82) is 0 Å². The number of hydrogen-bond donors (Lipinski definition) is 2. The second kappa shape index (κ2) is 7.68. The van der Waals surface area contributed by atoms with Crippen LogP contribution in [0, 0.1) is 0 Å². The lowest BCUT2D eigenvalue weighted by atomic mass is 10.1. The highest BCUT2D eigenvalue weighted by molar-refractivity contribution is 5.90. The molecule has 0 atom stereocenters. The number of pyridine rings is 1. The largest absolute Gasteiger partial charge is 0.492 e. The van der Waals surface area contributed by atoms with Gasteiger partial charge in [-0.25, -0.2) is 9.78 Å². The molecule has 1 aromatic heterocycles. The first kappa shape index (κ1) is 16.1. The van der Waals surface area contributed by atoms with Crippen molar-refractivity contribution in [2.45, 2.75) is 19.3 Å². The van der Waals surface area contributed by atoms with Gasteiger partial charge in [0, 0.05) is 6.20 Å². The summed E-state index contributed by atoms with van der Waals surface area (Å²) in [5.74, 6) is 1.23. The number of carbonyl (C=O) groups excluding carboxylic acids is 1. The number of amides is 2. The number of aryl methyl sites for hydroxylation is 2. The van der Waals surface area contributed by atoms with Crippen molar-refractivity contribution in [3.8, 4) is 11.6 Å². The summed E-state index contributed by atoms with van der Waals surface area (Å²) >= 11 is 0. The number of ether oxygens (including phenoxy) is 2. The van der Waals surface area contributed by atoms with Gasteiger partial charge in [-0.3, -0.25) is 0 Å². The lowest BCUT2D eigenvalue weighted by Gasteiger charge is -2.11. The number of anilines is 1. The summed E-state index contributed by atoms with van der Waals surface area (Å²) in [6.45, 7) is 0.821. The zero-order chi connectivity index (χ0) is 16.8. The van der Waals surface area contributed by atoms with Crippen molar-refractivity contribution in [3.63, 3.8) is 0 Å². The summed E-state index contributed by atoms with van der Waals surface area (Å²) < 4.78 is 10.8. The molecule has 126 valence electrons. The lowest BCUT2D eigenvalue weighted by molar-refractivity contribution is 0.247. The molecule has 1 aliphatic carbocycles. The van der Waals surface area contributed by atoms with Gasteiger partial charge in [0.05, 0.1) is 13.7 Å². The number of nitrogens with one attached hydrogen (secondary N) is 2. The van der Waals surface area contributed by atoms with Crippen LogP contribution in [0.5, 0.6) is 11.6 Å². The van der Waals surface area contributed by atoms with E-state index in [1.165, 1.54) is 24.7 Å². The molecule has 0 saturated heterocycles. The van der Waals surface area contributed by atoms with Crippen molar-refractivity contribution in [2.24, 2.45) is 0 Å². The number of nitrogens with zero attached hydrogens (tertiary/aromatic N) is 1. The first-order chi connectivity index (χ1) is 11.8. The molecule has 1 heterocycles. The number of benzene rings is 1. The third kappa shape index (κ3) is 3.95. The first-order valence-corrected chi connectivity index (χ1v) is 8.05. The van der Waals surface area contributed by atoms with E-state index < -0.39 is 0 Å². The maximum absolute atomic E-state index is 11.9. The predicted molar refractivity (Wildman–Crippen MR) is 91.8 cm³/mol. The first-order valence-electron chi connectivity index (χ1n) is 8.05. The van der Waals surface area contributed by atoms with Crippen LogP contribution in [0.1, 0.15) is 17.5 Å². The summed E-state index contributed by atoms with van der Waals surface area (Å²) in [7, 11) is 1.51. The van der Waals surface area contributed by atoms with Crippen LogP contribution in [-0.2, 0) is 12.8 Å². The van der Waals surface area contributed by atoms with Crippen LogP contribution in [0.2, 0.25) is 0 Å². The fraction of sp³-hybridized carbons (Fsp3) is 0.333. The Morgan fingerprint density at radius 1 is 1.25 bits per heavy atom. The second-order valence-corrected chi connectivity index (χ2v) is 5.57. The number of methoxy groups -OCH3 is 1. The number of fused-ring (bicyclic) bond motifs is 1. The molecule has 24 heavy (non-hydrogen) atoms. The minimum atomic E-state index is -0.321. The molecule has 2 N–H and O–H groups in total. The van der Waals surface area contributed by atoms with E-state index in [4.69, 9.17) is 9.47 Å². The Morgan fingerprint density at radius 3 is 3.00 bits per heavy atom. The fourth-order valence-corrected chi connectivity index (χ4v) is 2.79. The third-order valence-corrected chi connectivity index (χ3v) is 3.94. The Hall–Kier alpha value is -2.76. The van der Waals surface area contributed by atoms with E-state index in [-0.39, 0.29) is 6.03 Å². The Kier molecular flexibility index (Phi) is 5.15. The summed E-state index contributed by atoms with van der Waals surface area (Å²) in [4.78, 5) is 15.9. The van der Waals surface area contributed by atoms with Crippen LogP contribution in [0.4, 0.5) is 10.5 Å². The van der Waals surface area contributed by atoms with Crippen molar-refractivity contribution >= 4 is 11.7 Å². The zero-order valence-electron chi connectivity index (χ0n) is 13.7. The van der Waals surface area contributed by atoms with Gasteiger partial charge in [-0.05, 0) is 54.7 Å². The van der Waals surface area contributed by atoms with E-state index in [2.05, 4.69) is 27.8 Å². The highest BCUT2D eigenvalue weighted by atomic mass is 16.5. The van der Waals surface area contributed by atoms with Crippen LogP contribution >= 0.6 is 0 Å². The number of urea groups is 1. The number of hydrogen-bond acceptors (Lipinski definition) is 4. The van der Waals surface area contributed by atoms with E-state index in [0.29, 0.717) is 24.7 Å². The van der Waals surface area contributed by atoms with Crippen LogP contribution in [0.15, 0.2) is 36.5 Å². The van der Waals surface area contributed by atoms with E-state index in [0.717, 1.165) is 18.6 Å². The highest BCUT2D eigenvalue weighted by Crippen LogP contribution is 2.25. The molecule has 6 nitrogen and oxygen atoms in total. The minimum Gasteiger partial charge on any atom is -0.492 e. The predicted octanol–water partition coefficient (Wildman–Crippen LogP) is 2.78. The standard InChI is InChI=1S/C18H21N3O3/c1-23-17-16(6-3-9-19-17)21-18(22)20-10-11-24-15-8-7-13-4-2-5-14(13)12-15/h3,6-9,12H,2,4-5,10-11H2,1H3,(H2,20,21,22). The third-order valence-electron chi connectivity index (χ3n) is 3.94. The molecular formula is C18H21N3O3. The Bertz CT molecular complexity index is 718. The topological polar surface area (TPSA) is 72.5 Å². The SMILES string of the molecule is COc1ncccc1NC(=O)NCCOc1ccc2c(c1)CCC2. The van der Waals surface area contributed by atoms with Crippen LogP contribution in [0.25, 0.3) is 0 Å². The quantitative estimate of drug-likeness (QED) is 0.800. The molecule has 2 aromatic rings. The van der Waals surface area contributed by atoms with Gasteiger partial charge in [0.2, 0.25) is 5.88 Å². The van der Waals surface area contributed by atoms with Crippen molar-refractivity contribution in [2.75, 3.05) is 25.6 Å². The average Bonchev–Trinajstić information content (AvgIpc) is 3.07. The van der Waals surface area contributed by atoms with Gasteiger partial charge in [-0.1, -0.05) is 6.07 Å². The lowest BCUT2D eigenvalue weighted by Crippen LogP contribution is -2.32. The van der Waals surface area contributed by atoms with Gasteiger partial charge in [0.25, 0.3) is 0 Å². The van der Waals surface area contributed by atoms with Gasteiger partial charge in [0.15, 0.2) is 0 Å². The van der Waals surface area contributed by atoms with Gasteiger partial charge in [-0.2, -0.15) is 0 Å². The maximum atomic E-state index is 11.9. The molecule has 1 aromatic carbocycles. The second-order valence-electron chi connectivity index (χ2n) is 5.57. The molecule has 0 saturated carbocycles. The molecule has 1 aliphatic rings. The highest BCUT2D eigenvalue weighted by Gasteiger charge is 2.11. The smallest absolute Gasteiger partial charge is 0.319 e. The van der Waals surface area contributed by atoms with E-state index >= 15 is 0 Å². The molecule has 3 rings (SSSR count). The minimum absolute atomic E-state index is 0.321. The molecule has 0 radical (unpaired) electrons. The van der Waals surface area contributed by atoms with Crippen LogP contribution in [0.3, 0.4) is 0 Å². The molecule has 0 fully saturated rings. The summed E-state index contributed by atoms with van der Waals surface area (Å²) in [6, 6.07) is 9.36. The molecular weight excluding hydrogens is 306 g/mol. The molecule has 6 heteroatoms. The summed E-state index contributed by atoms with van der Waals surface area (Å²) in [5.41, 5.74) is 3.32. The van der Waals surface area contributed by atoms with Crippen molar-refractivity contribution in [1.82, 2.24) is 10.3 Å². The summed E-state index contributed by atoms with van der Waals surface area (Å²) in [6.07, 6.45) is 5.11. The van der Waals surface area contributed by atoms with Crippen molar-refractivity contribution in [3.05, 3.63) is 47.7 Å². The number of rotatable bonds is 6. The van der Waals surface area contributed by atoms with Gasteiger partial charge in [-0.15, -0.1) is 0 Å². The molecule has 0 spiro atoms. The molecule has 2 amide bonds. The summed E-state index contributed by atoms with van der Waals surface area (Å²) in [5, 5.41) is 5.45. The van der Waals surface area contributed by atoms with Crippen LogP contribution < -0.4 is 20.1 Å². The number of carbonyl (C=O) groups is 1. The molecule has 0 unspecified atom stereocenters. The Balaban J connectivity index is 1.42. The van der Waals surface area contributed by atoms with E-state index in [9.17, 15) is 4.79 Å². The van der Waals surface area contributed by atoms with Gasteiger partial charge < -0.3 is 20.1 Å². The molecule has 0 aliphatic heterocycles. The monoisotopic (exact) mass is 327 g/mol. The normalized spacial score (nSPS) is 12.4. The average molecular weight is 327 g/mol. The van der Waals surface area contributed by atoms with Crippen LogP contribution in [-0.4, -0.2) is 31.3 Å². The molecule has 0 bridgehead atoms. The maximum Gasteiger partial charge on any atom is 0.319 e. The van der Waals surface area contributed by atoms with Gasteiger partial charge in [0.1, 0.15) is 18.0 Å². The fourth-order valence-electron chi connectivity index (χ4n) is 2.79. The number of aromatic nitrogens is 1. The Morgan fingerprint density at radius 2 is 2.12 bits per heavy atom. The zero-order valence-corrected chi connectivity index (χ0v) is 13.7. The van der Waals surface area contributed by atoms with Gasteiger partial charge >= 0.3 is 6.03 Å². The van der Waals surface area contributed by atoms with E-state index in [1.54, 1.807) is 18.3 Å².